The molecule has 0 aliphatic rings. The highest BCUT2D eigenvalue weighted by atomic mass is 32.1. The Balaban J connectivity index is 2.74. The van der Waals surface area contributed by atoms with Gasteiger partial charge in [-0.1, -0.05) is 20.3 Å². The number of nitrogens with one attached hydrogen (secondary N) is 1. The number of alkyl halides is 2. The van der Waals surface area contributed by atoms with E-state index in [9.17, 15) is 8.78 Å². The standard InChI is InChI=1S/C13H23F2N3S/c1-4-6-10-11(8-16-7-5-2)19-13(17-10)18(3)9-12(14)15/h12,16H,4-9H2,1-3H3. The second-order valence-corrected chi connectivity index (χ2v) is 5.63. The van der Waals surface area contributed by atoms with Crippen LogP contribution in [0.5, 0.6) is 0 Å². The van der Waals surface area contributed by atoms with Crippen molar-refractivity contribution in [2.75, 3.05) is 25.0 Å². The zero-order chi connectivity index (χ0) is 14.3. The van der Waals surface area contributed by atoms with Crippen LogP contribution in [0.4, 0.5) is 13.9 Å². The van der Waals surface area contributed by atoms with Crippen LogP contribution in [0.25, 0.3) is 0 Å². The van der Waals surface area contributed by atoms with Gasteiger partial charge in [0.2, 0.25) is 0 Å². The van der Waals surface area contributed by atoms with Crippen molar-refractivity contribution < 1.29 is 8.78 Å². The third kappa shape index (κ3) is 5.40. The van der Waals surface area contributed by atoms with Crippen LogP contribution in [0, 0.1) is 0 Å². The van der Waals surface area contributed by atoms with Gasteiger partial charge in [-0.3, -0.25) is 0 Å². The Kier molecular flexibility index (Phi) is 7.23. The van der Waals surface area contributed by atoms with Gasteiger partial charge in [0.05, 0.1) is 12.2 Å². The lowest BCUT2D eigenvalue weighted by Crippen LogP contribution is -2.23. The minimum atomic E-state index is -2.33. The van der Waals surface area contributed by atoms with E-state index in [4.69, 9.17) is 0 Å². The van der Waals surface area contributed by atoms with Gasteiger partial charge in [0.15, 0.2) is 5.13 Å². The molecule has 0 amide bonds. The molecular formula is C13H23F2N3S. The van der Waals surface area contributed by atoms with Gasteiger partial charge >= 0.3 is 0 Å². The highest BCUT2D eigenvalue weighted by Gasteiger charge is 2.15. The summed E-state index contributed by atoms with van der Waals surface area (Å²) in [6.07, 6.45) is 0.676. The number of aryl methyl sites for hydroxylation is 1. The minimum Gasteiger partial charge on any atom is -0.345 e. The molecule has 0 fully saturated rings. The molecule has 0 bridgehead atoms. The van der Waals surface area contributed by atoms with Gasteiger partial charge in [0.1, 0.15) is 0 Å². The average molecular weight is 291 g/mol. The molecule has 3 nitrogen and oxygen atoms in total. The molecule has 6 heteroatoms. The lowest BCUT2D eigenvalue weighted by Gasteiger charge is -2.14. The van der Waals surface area contributed by atoms with Crippen LogP contribution < -0.4 is 10.2 Å². The Hall–Kier alpha value is -0.750. The zero-order valence-corrected chi connectivity index (χ0v) is 12.7. The van der Waals surface area contributed by atoms with Crippen molar-refractivity contribution >= 4 is 16.5 Å². The SMILES string of the molecule is CCCNCc1sc(N(C)CC(F)F)nc1CCC. The molecular weight excluding hydrogens is 268 g/mol. The first-order valence-corrected chi connectivity index (χ1v) is 7.58. The summed E-state index contributed by atoms with van der Waals surface area (Å²) in [6, 6.07) is 0. The predicted molar refractivity (Wildman–Crippen MR) is 77.4 cm³/mol. The van der Waals surface area contributed by atoms with Crippen LogP contribution in [0.3, 0.4) is 0 Å². The Bertz CT molecular complexity index is 369. The van der Waals surface area contributed by atoms with Gasteiger partial charge in [-0.2, -0.15) is 0 Å². The third-order valence-electron chi connectivity index (χ3n) is 2.70. The molecule has 1 N–H and O–H groups in total. The first kappa shape index (κ1) is 16.3. The van der Waals surface area contributed by atoms with E-state index in [1.54, 1.807) is 7.05 Å². The number of hydrogen-bond acceptors (Lipinski definition) is 4. The normalized spacial score (nSPS) is 11.3. The number of hydrogen-bond donors (Lipinski definition) is 1. The quantitative estimate of drug-likeness (QED) is 0.708. The van der Waals surface area contributed by atoms with Crippen molar-refractivity contribution in [3.63, 3.8) is 0 Å². The zero-order valence-electron chi connectivity index (χ0n) is 11.9. The third-order valence-corrected chi connectivity index (χ3v) is 3.92. The summed E-state index contributed by atoms with van der Waals surface area (Å²) >= 11 is 1.52. The number of thiazole rings is 1. The summed E-state index contributed by atoms with van der Waals surface area (Å²) in [6.45, 7) is 5.70. The fraction of sp³-hybridized carbons (Fsp3) is 0.769. The summed E-state index contributed by atoms with van der Waals surface area (Å²) in [5.41, 5.74) is 1.05. The van der Waals surface area contributed by atoms with E-state index in [1.165, 1.54) is 21.1 Å². The molecule has 0 spiro atoms. The molecule has 1 aromatic heterocycles. The van der Waals surface area contributed by atoms with Crippen LogP contribution >= 0.6 is 11.3 Å². The Morgan fingerprint density at radius 3 is 2.63 bits per heavy atom. The molecule has 0 radical (unpaired) electrons. The number of rotatable bonds is 9. The van der Waals surface area contributed by atoms with Crippen molar-refractivity contribution in [2.24, 2.45) is 0 Å². The van der Waals surface area contributed by atoms with Crippen molar-refractivity contribution in [3.05, 3.63) is 10.6 Å². The summed E-state index contributed by atoms with van der Waals surface area (Å²) in [5.74, 6) is 0. The van der Waals surface area contributed by atoms with Crippen LogP contribution in [0.15, 0.2) is 0 Å². The molecule has 0 saturated heterocycles. The van der Waals surface area contributed by atoms with Crippen molar-refractivity contribution in [1.82, 2.24) is 10.3 Å². The van der Waals surface area contributed by atoms with Crippen LogP contribution in [-0.2, 0) is 13.0 Å². The van der Waals surface area contributed by atoms with Gasteiger partial charge in [0, 0.05) is 18.5 Å². The Labute approximate surface area is 118 Å². The molecule has 1 rings (SSSR count). The van der Waals surface area contributed by atoms with Crippen molar-refractivity contribution in [3.8, 4) is 0 Å². The summed E-state index contributed by atoms with van der Waals surface area (Å²) in [4.78, 5) is 7.21. The van der Waals surface area contributed by atoms with Crippen LogP contribution in [0.1, 0.15) is 37.3 Å². The molecule has 1 aromatic rings. The minimum absolute atomic E-state index is 0.263. The number of aromatic nitrogens is 1. The molecule has 1 heterocycles. The molecule has 0 aromatic carbocycles. The predicted octanol–water partition coefficient (Wildman–Crippen LogP) is 3.30. The highest BCUT2D eigenvalue weighted by molar-refractivity contribution is 7.15. The monoisotopic (exact) mass is 291 g/mol. The van der Waals surface area contributed by atoms with E-state index in [-0.39, 0.29) is 6.54 Å². The number of anilines is 1. The molecule has 110 valence electrons. The van der Waals surface area contributed by atoms with Gasteiger partial charge in [-0.05, 0) is 19.4 Å². The van der Waals surface area contributed by atoms with E-state index in [1.807, 2.05) is 0 Å². The maximum Gasteiger partial charge on any atom is 0.255 e. The van der Waals surface area contributed by atoms with Gasteiger partial charge in [0.25, 0.3) is 6.43 Å². The maximum atomic E-state index is 12.4. The van der Waals surface area contributed by atoms with Gasteiger partial charge < -0.3 is 10.2 Å². The molecule has 0 aliphatic heterocycles. The van der Waals surface area contributed by atoms with Crippen molar-refractivity contribution in [2.45, 2.75) is 46.1 Å². The lowest BCUT2D eigenvalue weighted by atomic mass is 10.2. The molecule has 19 heavy (non-hydrogen) atoms. The van der Waals surface area contributed by atoms with E-state index < -0.39 is 6.43 Å². The maximum absolute atomic E-state index is 12.4. The molecule has 0 unspecified atom stereocenters. The van der Waals surface area contributed by atoms with E-state index in [2.05, 4.69) is 24.1 Å². The average Bonchev–Trinajstić information content (AvgIpc) is 2.73. The van der Waals surface area contributed by atoms with Crippen LogP contribution in [-0.4, -0.2) is 31.5 Å². The Morgan fingerprint density at radius 2 is 2.05 bits per heavy atom. The van der Waals surface area contributed by atoms with E-state index in [0.717, 1.165) is 38.0 Å². The topological polar surface area (TPSA) is 28.2 Å². The lowest BCUT2D eigenvalue weighted by molar-refractivity contribution is 0.156. The van der Waals surface area contributed by atoms with Gasteiger partial charge in [-0.15, -0.1) is 11.3 Å². The molecule has 0 aliphatic carbocycles. The molecule has 0 atom stereocenters. The molecule has 0 saturated carbocycles. The van der Waals surface area contributed by atoms with Gasteiger partial charge in [-0.25, -0.2) is 13.8 Å². The smallest absolute Gasteiger partial charge is 0.255 e. The summed E-state index contributed by atoms with van der Waals surface area (Å²) in [7, 11) is 1.67. The van der Waals surface area contributed by atoms with E-state index >= 15 is 0 Å². The van der Waals surface area contributed by atoms with Crippen molar-refractivity contribution in [1.29, 1.82) is 0 Å². The first-order valence-electron chi connectivity index (χ1n) is 6.77. The second-order valence-electron chi connectivity index (χ2n) is 4.56. The summed E-state index contributed by atoms with van der Waals surface area (Å²) in [5, 5.41) is 4.04. The Morgan fingerprint density at radius 1 is 1.32 bits per heavy atom. The van der Waals surface area contributed by atoms with E-state index in [0.29, 0.717) is 5.13 Å². The number of halogens is 2. The highest BCUT2D eigenvalue weighted by Crippen LogP contribution is 2.27. The first-order chi connectivity index (χ1) is 9.08. The summed E-state index contributed by atoms with van der Waals surface area (Å²) < 4.78 is 24.8. The number of nitrogens with zero attached hydrogens (tertiary/aromatic N) is 2. The fourth-order valence-corrected chi connectivity index (χ4v) is 2.81. The van der Waals surface area contributed by atoms with Crippen LogP contribution in [0.2, 0.25) is 0 Å². The largest absolute Gasteiger partial charge is 0.345 e. The fourth-order valence-electron chi connectivity index (χ4n) is 1.77. The second kappa shape index (κ2) is 8.43.